The van der Waals surface area contributed by atoms with Crippen molar-refractivity contribution in [2.45, 2.75) is 38.7 Å². The Balaban J connectivity index is 1.64. The van der Waals surface area contributed by atoms with E-state index in [1.165, 1.54) is 0 Å². The number of fused-ring (bicyclic) bond motifs is 2. The second kappa shape index (κ2) is 8.03. The summed E-state index contributed by atoms with van der Waals surface area (Å²) in [5.41, 5.74) is 3.75. The number of benzene rings is 2. The number of ether oxygens (including phenoxy) is 2. The van der Waals surface area contributed by atoms with E-state index in [0.717, 1.165) is 47.8 Å². The first-order valence-corrected chi connectivity index (χ1v) is 9.88. The molecule has 5 nitrogen and oxygen atoms in total. The van der Waals surface area contributed by atoms with Crippen LogP contribution in [0, 0.1) is 0 Å². The van der Waals surface area contributed by atoms with Crippen LogP contribution in [-0.4, -0.2) is 30.0 Å². The highest BCUT2D eigenvalue weighted by Crippen LogP contribution is 2.30. The monoisotopic (exact) mass is 389 g/mol. The summed E-state index contributed by atoms with van der Waals surface area (Å²) in [6.45, 7) is 1.61. The van der Waals surface area contributed by atoms with Crippen LogP contribution < -0.4 is 4.74 Å². The molecule has 5 heteroatoms. The summed E-state index contributed by atoms with van der Waals surface area (Å²) in [4.78, 5) is 30.6. The van der Waals surface area contributed by atoms with Crippen molar-refractivity contribution in [2.24, 2.45) is 0 Å². The van der Waals surface area contributed by atoms with E-state index in [2.05, 4.69) is 0 Å². The van der Waals surface area contributed by atoms with Crippen LogP contribution >= 0.6 is 0 Å². The molecule has 0 bridgehead atoms. The predicted octanol–water partition coefficient (Wildman–Crippen LogP) is 4.55. The number of rotatable bonds is 5. The highest BCUT2D eigenvalue weighted by molar-refractivity contribution is 6.07. The molecule has 0 radical (unpaired) electrons. The smallest absolute Gasteiger partial charge is 0.339 e. The third kappa shape index (κ3) is 3.73. The molecule has 0 unspecified atom stereocenters. The summed E-state index contributed by atoms with van der Waals surface area (Å²) in [7, 11) is 1.57. The molecule has 0 N–H and O–H groups in total. The normalized spacial score (nSPS) is 14.1. The lowest BCUT2D eigenvalue weighted by atomic mass is 9.90. The van der Waals surface area contributed by atoms with Crippen molar-refractivity contribution in [3.05, 3.63) is 70.9 Å². The summed E-state index contributed by atoms with van der Waals surface area (Å²) in [6.07, 6.45) is 2.87. The van der Waals surface area contributed by atoms with Gasteiger partial charge in [0.15, 0.2) is 6.10 Å². The fourth-order valence-corrected chi connectivity index (χ4v) is 3.87. The van der Waals surface area contributed by atoms with E-state index in [0.29, 0.717) is 16.9 Å². The van der Waals surface area contributed by atoms with Gasteiger partial charge in [-0.1, -0.05) is 18.2 Å². The van der Waals surface area contributed by atoms with E-state index < -0.39 is 12.1 Å². The van der Waals surface area contributed by atoms with Gasteiger partial charge in [0.25, 0.3) is 0 Å². The van der Waals surface area contributed by atoms with Crippen molar-refractivity contribution in [3.63, 3.8) is 0 Å². The Morgan fingerprint density at radius 1 is 1.00 bits per heavy atom. The maximum absolute atomic E-state index is 13.2. The molecular weight excluding hydrogens is 366 g/mol. The topological polar surface area (TPSA) is 65.5 Å². The van der Waals surface area contributed by atoms with Crippen LogP contribution in [0.2, 0.25) is 0 Å². The number of aryl methyl sites for hydroxylation is 1. The second-order valence-corrected chi connectivity index (χ2v) is 7.28. The maximum atomic E-state index is 13.2. The van der Waals surface area contributed by atoms with Gasteiger partial charge in [-0.15, -0.1) is 0 Å². The molecule has 1 heterocycles. The highest BCUT2D eigenvalue weighted by Gasteiger charge is 2.26. The lowest BCUT2D eigenvalue weighted by Crippen LogP contribution is -2.26. The summed E-state index contributed by atoms with van der Waals surface area (Å²) >= 11 is 0. The molecule has 1 atom stereocenters. The number of esters is 1. The molecule has 148 valence electrons. The second-order valence-electron chi connectivity index (χ2n) is 7.28. The number of nitrogens with zero attached hydrogens (tertiary/aromatic N) is 1. The average Bonchev–Trinajstić information content (AvgIpc) is 2.76. The summed E-state index contributed by atoms with van der Waals surface area (Å²) in [5.74, 6) is -0.0366. The Kier molecular flexibility index (Phi) is 5.30. The number of aromatic nitrogens is 1. The minimum atomic E-state index is -0.887. The van der Waals surface area contributed by atoms with Gasteiger partial charge < -0.3 is 9.47 Å². The van der Waals surface area contributed by atoms with E-state index in [9.17, 15) is 9.59 Å². The van der Waals surface area contributed by atoms with Gasteiger partial charge in [-0.05, 0) is 68.5 Å². The Morgan fingerprint density at radius 2 is 1.72 bits per heavy atom. The molecule has 0 aliphatic heterocycles. The number of para-hydroxylation sites is 1. The van der Waals surface area contributed by atoms with Crippen LogP contribution in [0.15, 0.2) is 48.5 Å². The van der Waals surface area contributed by atoms with Crippen molar-refractivity contribution >= 4 is 22.7 Å². The number of methoxy groups -OCH3 is 1. The van der Waals surface area contributed by atoms with E-state index in [1.54, 1.807) is 38.3 Å². The molecule has 0 spiro atoms. The first kappa shape index (κ1) is 19.1. The quantitative estimate of drug-likeness (QED) is 0.473. The Labute approximate surface area is 169 Å². The number of hydrogen-bond acceptors (Lipinski definition) is 5. The Morgan fingerprint density at radius 3 is 2.48 bits per heavy atom. The van der Waals surface area contributed by atoms with Crippen molar-refractivity contribution in [3.8, 4) is 5.75 Å². The lowest BCUT2D eigenvalue weighted by molar-refractivity contribution is 0.0319. The average molecular weight is 389 g/mol. The molecule has 0 amide bonds. The number of hydrogen-bond donors (Lipinski definition) is 0. The number of carbonyl (C=O) groups excluding carboxylic acids is 2. The molecule has 1 aliphatic rings. The Hall–Kier alpha value is -3.21. The van der Waals surface area contributed by atoms with E-state index in [-0.39, 0.29) is 5.78 Å². The van der Waals surface area contributed by atoms with Crippen molar-refractivity contribution in [1.29, 1.82) is 0 Å². The number of Topliss-reactive ketones (excluding diaryl/α,β-unsaturated/α-hetero) is 1. The molecule has 0 fully saturated rings. The number of carbonyl (C=O) groups is 2. The van der Waals surface area contributed by atoms with Crippen LogP contribution in [0.4, 0.5) is 0 Å². The molecule has 1 aromatic heterocycles. The van der Waals surface area contributed by atoms with Crippen molar-refractivity contribution in [1.82, 2.24) is 4.98 Å². The molecule has 0 saturated carbocycles. The lowest BCUT2D eigenvalue weighted by Gasteiger charge is -2.21. The predicted molar refractivity (Wildman–Crippen MR) is 111 cm³/mol. The zero-order chi connectivity index (χ0) is 20.4. The van der Waals surface area contributed by atoms with Crippen LogP contribution in [0.3, 0.4) is 0 Å². The molecule has 4 rings (SSSR count). The minimum absolute atomic E-state index is 0.242. The van der Waals surface area contributed by atoms with E-state index in [4.69, 9.17) is 14.5 Å². The van der Waals surface area contributed by atoms with Crippen molar-refractivity contribution < 1.29 is 19.1 Å². The fourth-order valence-electron chi connectivity index (χ4n) is 3.87. The molecule has 2 aromatic carbocycles. The molecule has 1 aliphatic carbocycles. The summed E-state index contributed by atoms with van der Waals surface area (Å²) in [5, 5.41) is 0.780. The number of pyridine rings is 1. The van der Waals surface area contributed by atoms with Crippen LogP contribution in [0.25, 0.3) is 10.9 Å². The van der Waals surface area contributed by atoms with Crippen LogP contribution in [0.1, 0.15) is 51.7 Å². The van der Waals surface area contributed by atoms with Gasteiger partial charge in [0, 0.05) is 16.6 Å². The first-order chi connectivity index (χ1) is 14.1. The standard InChI is InChI=1S/C24H23NO4/c1-15(23(26)16-11-13-17(28-2)14-12-16)29-24(27)22-18-7-3-5-9-20(18)25-21-10-6-4-8-19(21)22/h3,5,7,9,11-15H,4,6,8,10H2,1-2H3/t15-/m0/s1. The summed E-state index contributed by atoms with van der Waals surface area (Å²) in [6, 6.07) is 14.4. The van der Waals surface area contributed by atoms with Gasteiger partial charge in [0.05, 0.1) is 18.2 Å². The number of ketones is 1. The maximum Gasteiger partial charge on any atom is 0.339 e. The molecule has 29 heavy (non-hydrogen) atoms. The SMILES string of the molecule is COc1ccc(C(=O)[C@H](C)OC(=O)c2c3c(nc4ccccc24)CCCC3)cc1. The molecule has 0 saturated heterocycles. The van der Waals surface area contributed by atoms with E-state index >= 15 is 0 Å². The molecular formula is C24H23NO4. The zero-order valence-electron chi connectivity index (χ0n) is 16.6. The fraction of sp³-hybridized carbons (Fsp3) is 0.292. The van der Waals surface area contributed by atoms with Crippen molar-refractivity contribution in [2.75, 3.05) is 7.11 Å². The Bertz CT molecular complexity index is 1070. The zero-order valence-corrected chi connectivity index (χ0v) is 16.6. The van der Waals surface area contributed by atoms with Gasteiger partial charge in [-0.2, -0.15) is 0 Å². The molecule has 3 aromatic rings. The van der Waals surface area contributed by atoms with Crippen LogP contribution in [0.5, 0.6) is 5.75 Å². The van der Waals surface area contributed by atoms with Gasteiger partial charge in [-0.3, -0.25) is 9.78 Å². The summed E-state index contributed by atoms with van der Waals surface area (Å²) < 4.78 is 10.8. The third-order valence-corrected chi connectivity index (χ3v) is 5.40. The highest BCUT2D eigenvalue weighted by atomic mass is 16.5. The first-order valence-electron chi connectivity index (χ1n) is 9.88. The van der Waals surface area contributed by atoms with Gasteiger partial charge in [-0.25, -0.2) is 4.79 Å². The van der Waals surface area contributed by atoms with E-state index in [1.807, 2.05) is 24.3 Å². The van der Waals surface area contributed by atoms with Crippen LogP contribution in [-0.2, 0) is 17.6 Å². The largest absolute Gasteiger partial charge is 0.497 e. The van der Waals surface area contributed by atoms with Gasteiger partial charge in [0.2, 0.25) is 5.78 Å². The third-order valence-electron chi connectivity index (χ3n) is 5.40. The van der Waals surface area contributed by atoms with Gasteiger partial charge >= 0.3 is 5.97 Å². The van der Waals surface area contributed by atoms with Gasteiger partial charge in [0.1, 0.15) is 5.75 Å². The minimum Gasteiger partial charge on any atom is -0.497 e.